The minimum absolute atomic E-state index is 0.184. The third kappa shape index (κ3) is 2.44. The van der Waals surface area contributed by atoms with Crippen molar-refractivity contribution in [3.05, 3.63) is 48.0 Å². The molecule has 0 saturated carbocycles. The van der Waals surface area contributed by atoms with E-state index in [0.717, 1.165) is 6.54 Å². The molecule has 2 heterocycles. The van der Waals surface area contributed by atoms with Crippen LogP contribution in [0.25, 0.3) is 0 Å². The van der Waals surface area contributed by atoms with Crippen LogP contribution in [0.5, 0.6) is 0 Å². The van der Waals surface area contributed by atoms with Gasteiger partial charge in [-0.1, -0.05) is 42.5 Å². The molecule has 1 aliphatic carbocycles. The van der Waals surface area contributed by atoms with Gasteiger partial charge in [-0.25, -0.2) is 0 Å². The molecule has 0 spiro atoms. The van der Waals surface area contributed by atoms with E-state index in [1.807, 2.05) is 13.8 Å². The lowest BCUT2D eigenvalue weighted by molar-refractivity contribution is -0.147. The number of hydrogen-bond acceptors (Lipinski definition) is 3. The molecule has 1 aromatic carbocycles. The van der Waals surface area contributed by atoms with Gasteiger partial charge in [0.05, 0.1) is 6.61 Å². The van der Waals surface area contributed by atoms with Crippen molar-refractivity contribution in [2.45, 2.75) is 50.8 Å². The van der Waals surface area contributed by atoms with Gasteiger partial charge in [-0.15, -0.1) is 0 Å². The van der Waals surface area contributed by atoms with Crippen LogP contribution in [0.15, 0.2) is 42.5 Å². The van der Waals surface area contributed by atoms with Gasteiger partial charge in [0.15, 0.2) is 5.79 Å². The fourth-order valence-corrected chi connectivity index (χ4v) is 4.06. The smallest absolute Gasteiger partial charge is 0.163 e. The first-order chi connectivity index (χ1) is 10.1. The van der Waals surface area contributed by atoms with E-state index in [1.54, 1.807) is 0 Å². The molecule has 3 aliphatic rings. The second-order valence-corrected chi connectivity index (χ2v) is 6.87. The number of benzene rings is 1. The average molecular weight is 285 g/mol. The van der Waals surface area contributed by atoms with Gasteiger partial charge in [0.2, 0.25) is 0 Å². The Kier molecular flexibility index (Phi) is 3.18. The normalized spacial score (nSPS) is 37.4. The Morgan fingerprint density at radius 2 is 2.00 bits per heavy atom. The number of ether oxygens (including phenoxy) is 2. The van der Waals surface area contributed by atoms with Crippen molar-refractivity contribution in [3.63, 3.8) is 0 Å². The standard InChI is InChI=1S/C18H23NO2/c1-18(2)20-12-16(21-18)17-14-8-9-15(10-14)19(17)11-13-6-4-3-5-7-13/h3-9,14-17H,10-12H2,1-2H3/t14?,15?,16-,17?/m1/s1. The van der Waals surface area contributed by atoms with E-state index in [4.69, 9.17) is 9.47 Å². The molecular weight excluding hydrogens is 262 g/mol. The van der Waals surface area contributed by atoms with Gasteiger partial charge < -0.3 is 9.47 Å². The molecule has 4 atom stereocenters. The fourth-order valence-electron chi connectivity index (χ4n) is 4.06. The van der Waals surface area contributed by atoms with Gasteiger partial charge in [0.1, 0.15) is 6.10 Å². The number of rotatable bonds is 3. The monoisotopic (exact) mass is 285 g/mol. The highest BCUT2D eigenvalue weighted by atomic mass is 16.7. The van der Waals surface area contributed by atoms with Crippen molar-refractivity contribution in [1.82, 2.24) is 4.90 Å². The van der Waals surface area contributed by atoms with Gasteiger partial charge in [0.25, 0.3) is 0 Å². The molecule has 0 aromatic heterocycles. The van der Waals surface area contributed by atoms with Gasteiger partial charge >= 0.3 is 0 Å². The van der Waals surface area contributed by atoms with Crippen molar-refractivity contribution in [2.24, 2.45) is 5.92 Å². The van der Waals surface area contributed by atoms with Crippen LogP contribution < -0.4 is 0 Å². The first-order valence-electron chi connectivity index (χ1n) is 7.92. The number of likely N-dealkylation sites (tertiary alicyclic amines) is 1. The molecule has 4 rings (SSSR count). The zero-order valence-electron chi connectivity index (χ0n) is 12.7. The van der Waals surface area contributed by atoms with E-state index in [-0.39, 0.29) is 6.10 Å². The van der Waals surface area contributed by atoms with Crippen LogP contribution in [0, 0.1) is 5.92 Å². The predicted octanol–water partition coefficient (Wildman–Crippen LogP) is 2.97. The molecule has 3 unspecified atom stereocenters. The van der Waals surface area contributed by atoms with Gasteiger partial charge in [0, 0.05) is 18.6 Å². The summed E-state index contributed by atoms with van der Waals surface area (Å²) in [6.45, 7) is 5.73. The van der Waals surface area contributed by atoms with Crippen molar-refractivity contribution in [2.75, 3.05) is 6.61 Å². The zero-order chi connectivity index (χ0) is 14.4. The van der Waals surface area contributed by atoms with Crippen LogP contribution in [0.2, 0.25) is 0 Å². The molecule has 2 fully saturated rings. The van der Waals surface area contributed by atoms with Crippen LogP contribution in [-0.2, 0) is 16.0 Å². The summed E-state index contributed by atoms with van der Waals surface area (Å²) in [6, 6.07) is 11.7. The summed E-state index contributed by atoms with van der Waals surface area (Å²) in [5.41, 5.74) is 1.38. The van der Waals surface area contributed by atoms with Crippen LogP contribution in [-0.4, -0.2) is 35.5 Å². The van der Waals surface area contributed by atoms with E-state index >= 15 is 0 Å². The molecule has 2 bridgehead atoms. The number of fused-ring (bicyclic) bond motifs is 2. The highest BCUT2D eigenvalue weighted by Gasteiger charge is 2.50. The Hall–Kier alpha value is -1.16. The Morgan fingerprint density at radius 1 is 1.19 bits per heavy atom. The Morgan fingerprint density at radius 3 is 2.71 bits per heavy atom. The van der Waals surface area contributed by atoms with E-state index in [9.17, 15) is 0 Å². The maximum absolute atomic E-state index is 6.16. The maximum Gasteiger partial charge on any atom is 0.163 e. The van der Waals surface area contributed by atoms with E-state index in [0.29, 0.717) is 24.6 Å². The van der Waals surface area contributed by atoms with Gasteiger partial charge in [-0.3, -0.25) is 4.90 Å². The van der Waals surface area contributed by atoms with E-state index in [1.165, 1.54) is 12.0 Å². The lowest BCUT2D eigenvalue weighted by atomic mass is 9.96. The lowest BCUT2D eigenvalue weighted by Gasteiger charge is -2.36. The van der Waals surface area contributed by atoms with E-state index in [2.05, 4.69) is 47.4 Å². The SMILES string of the molecule is CC1(C)OC[C@H](C2C3C=CC(C3)N2Cc2ccccc2)O1. The lowest BCUT2D eigenvalue weighted by Crippen LogP contribution is -2.47. The third-order valence-corrected chi connectivity index (χ3v) is 4.96. The van der Waals surface area contributed by atoms with E-state index < -0.39 is 5.79 Å². The quantitative estimate of drug-likeness (QED) is 0.797. The third-order valence-electron chi connectivity index (χ3n) is 4.96. The molecule has 3 nitrogen and oxygen atoms in total. The predicted molar refractivity (Wildman–Crippen MR) is 81.7 cm³/mol. The molecule has 2 saturated heterocycles. The summed E-state index contributed by atoms with van der Waals surface area (Å²) in [4.78, 5) is 2.61. The van der Waals surface area contributed by atoms with Gasteiger partial charge in [-0.2, -0.15) is 0 Å². The zero-order valence-corrected chi connectivity index (χ0v) is 12.7. The molecule has 1 aromatic rings. The first-order valence-corrected chi connectivity index (χ1v) is 7.92. The van der Waals surface area contributed by atoms with Crippen molar-refractivity contribution >= 4 is 0 Å². The summed E-state index contributed by atoms with van der Waals surface area (Å²) in [5.74, 6) is 0.176. The van der Waals surface area contributed by atoms with Crippen LogP contribution in [0.3, 0.4) is 0 Å². The minimum atomic E-state index is -0.436. The summed E-state index contributed by atoms with van der Waals surface area (Å²) in [7, 11) is 0. The summed E-state index contributed by atoms with van der Waals surface area (Å²) in [5, 5.41) is 0. The second kappa shape index (κ2) is 4.94. The van der Waals surface area contributed by atoms with Crippen LogP contribution >= 0.6 is 0 Å². The largest absolute Gasteiger partial charge is 0.348 e. The maximum atomic E-state index is 6.16. The average Bonchev–Trinajstić information content (AvgIpc) is 3.14. The highest BCUT2D eigenvalue weighted by molar-refractivity contribution is 5.22. The Balaban J connectivity index is 1.55. The van der Waals surface area contributed by atoms with Crippen molar-refractivity contribution in [3.8, 4) is 0 Å². The molecule has 21 heavy (non-hydrogen) atoms. The van der Waals surface area contributed by atoms with Crippen LogP contribution in [0.4, 0.5) is 0 Å². The Labute approximate surface area is 126 Å². The topological polar surface area (TPSA) is 21.7 Å². The highest BCUT2D eigenvalue weighted by Crippen LogP contribution is 2.42. The van der Waals surface area contributed by atoms with Crippen molar-refractivity contribution < 1.29 is 9.47 Å². The number of nitrogens with zero attached hydrogens (tertiary/aromatic N) is 1. The minimum Gasteiger partial charge on any atom is -0.348 e. The fraction of sp³-hybridized carbons (Fsp3) is 0.556. The van der Waals surface area contributed by atoms with Crippen LogP contribution in [0.1, 0.15) is 25.8 Å². The molecule has 112 valence electrons. The second-order valence-electron chi connectivity index (χ2n) is 6.87. The molecular formula is C18H23NO2. The summed E-state index contributed by atoms with van der Waals surface area (Å²) in [6.07, 6.45) is 6.16. The van der Waals surface area contributed by atoms with Gasteiger partial charge in [-0.05, 0) is 31.7 Å². The Bertz CT molecular complexity index is 539. The summed E-state index contributed by atoms with van der Waals surface area (Å²) >= 11 is 0. The molecule has 3 heteroatoms. The molecule has 0 amide bonds. The number of hydrogen-bond donors (Lipinski definition) is 0. The molecule has 2 aliphatic heterocycles. The summed E-state index contributed by atoms with van der Waals surface area (Å²) < 4.78 is 12.0. The first kappa shape index (κ1) is 13.5. The molecule has 0 N–H and O–H groups in total. The molecule has 0 radical (unpaired) electrons. The van der Waals surface area contributed by atoms with Crippen molar-refractivity contribution in [1.29, 1.82) is 0 Å².